The summed E-state index contributed by atoms with van der Waals surface area (Å²) in [7, 11) is -1.51. The van der Waals surface area contributed by atoms with Crippen LogP contribution in [0.3, 0.4) is 0 Å². The van der Waals surface area contributed by atoms with Crippen LogP contribution in [0.1, 0.15) is 41.5 Å². The Labute approximate surface area is 186 Å². The molecule has 0 bridgehead atoms. The maximum atomic E-state index is 2.54. The second-order valence-corrected chi connectivity index (χ2v) is 22.1. The second kappa shape index (κ2) is 7.60. The van der Waals surface area contributed by atoms with E-state index < -0.39 is 8.07 Å². The molecule has 0 spiro atoms. The predicted octanol–water partition coefficient (Wildman–Crippen LogP) is 5.59. The Hall–Kier alpha value is 0.435. The van der Waals surface area contributed by atoms with Gasteiger partial charge < -0.3 is 0 Å². The van der Waals surface area contributed by atoms with Crippen LogP contribution in [0, 0.1) is 0 Å². The first-order chi connectivity index (χ1) is 12.8. The van der Waals surface area contributed by atoms with Crippen LogP contribution in [0.2, 0.25) is 22.4 Å². The van der Waals surface area contributed by atoms with Gasteiger partial charge in [-0.05, 0) is 0 Å². The van der Waals surface area contributed by atoms with Crippen molar-refractivity contribution in [3.05, 3.63) is 24.3 Å². The average molecular weight is 589 g/mol. The van der Waals surface area contributed by atoms with E-state index in [0.29, 0.717) is 44.0 Å². The fourth-order valence-corrected chi connectivity index (χ4v) is 31.3. The van der Waals surface area contributed by atoms with Crippen molar-refractivity contribution in [3.8, 4) is 0 Å². The molecule has 4 rings (SSSR count). The Bertz CT molecular complexity index is 1090. The van der Waals surface area contributed by atoms with Gasteiger partial charge in [0.05, 0.1) is 0 Å². The van der Waals surface area contributed by atoms with Gasteiger partial charge in [-0.3, -0.25) is 0 Å². The third-order valence-electron chi connectivity index (χ3n) is 6.25. The molecule has 0 aliphatic heterocycles. The standard InChI is InChI=1S/C22H28SSe3Si/c1-12(2)27(13(3)4,14(5)6)22-21(24-7)20-19(26-22)17-18(25-20)15-10-8-9-11-16(15)23-17/h8-14H,1-7H3. The molecule has 0 radical (unpaired) electrons. The number of rotatable bonds is 5. The summed E-state index contributed by atoms with van der Waals surface area (Å²) in [6.07, 6.45) is 0. The summed E-state index contributed by atoms with van der Waals surface area (Å²) in [5.74, 6) is 2.48. The SMILES string of the molecule is C[Se]c1c([Si](C(C)C)(C(C)C)C(C)C)[se]c2c1[se]c1c3ccccc3sc21. The summed E-state index contributed by atoms with van der Waals surface area (Å²) >= 11 is 3.81. The number of thiophene rings is 1. The van der Waals surface area contributed by atoms with Gasteiger partial charge in [-0.15, -0.1) is 0 Å². The van der Waals surface area contributed by atoms with Gasteiger partial charge in [-0.1, -0.05) is 0 Å². The van der Waals surface area contributed by atoms with Gasteiger partial charge in [0.1, 0.15) is 0 Å². The molecule has 144 valence electrons. The van der Waals surface area contributed by atoms with E-state index in [-0.39, 0.29) is 0 Å². The van der Waals surface area contributed by atoms with E-state index in [9.17, 15) is 0 Å². The molecule has 0 nitrogen and oxygen atoms in total. The Balaban J connectivity index is 2.09. The van der Waals surface area contributed by atoms with Crippen LogP contribution in [0.25, 0.3) is 27.6 Å². The van der Waals surface area contributed by atoms with Crippen molar-refractivity contribution in [3.63, 3.8) is 0 Å². The molecule has 4 aromatic rings. The Morgan fingerprint density at radius 3 is 2.07 bits per heavy atom. The zero-order valence-electron chi connectivity index (χ0n) is 17.2. The molecule has 0 saturated heterocycles. The monoisotopic (exact) mass is 592 g/mol. The van der Waals surface area contributed by atoms with Gasteiger partial charge >= 0.3 is 188 Å². The Morgan fingerprint density at radius 2 is 1.48 bits per heavy atom. The molecule has 0 unspecified atom stereocenters. The van der Waals surface area contributed by atoms with E-state index in [4.69, 9.17) is 0 Å². The van der Waals surface area contributed by atoms with E-state index in [1.165, 1.54) is 4.70 Å². The Morgan fingerprint density at radius 1 is 0.852 bits per heavy atom. The zero-order chi connectivity index (χ0) is 19.5. The topological polar surface area (TPSA) is 0 Å². The van der Waals surface area contributed by atoms with E-state index in [1.54, 1.807) is 14.3 Å². The minimum absolute atomic E-state index is 0.534. The van der Waals surface area contributed by atoms with Crippen molar-refractivity contribution in [2.24, 2.45) is 0 Å². The summed E-state index contributed by atoms with van der Waals surface area (Å²) < 4.78 is 12.4. The molecule has 0 fully saturated rings. The molecule has 0 saturated carbocycles. The van der Waals surface area contributed by atoms with Crippen molar-refractivity contribution in [2.45, 2.75) is 64.0 Å². The van der Waals surface area contributed by atoms with E-state index in [0.717, 1.165) is 16.6 Å². The van der Waals surface area contributed by atoms with Gasteiger partial charge in [0.25, 0.3) is 0 Å². The van der Waals surface area contributed by atoms with Crippen molar-refractivity contribution < 1.29 is 0 Å². The molecule has 0 atom stereocenters. The molecule has 3 heterocycles. The Kier molecular flexibility index (Phi) is 5.83. The minimum atomic E-state index is -1.51. The first-order valence-electron chi connectivity index (χ1n) is 9.74. The molecule has 0 N–H and O–H groups in total. The zero-order valence-corrected chi connectivity index (χ0v) is 24.1. The fraction of sp³-hybridized carbons (Fsp3) is 0.455. The summed E-state index contributed by atoms with van der Waals surface area (Å²) in [5, 5.41) is 1.55. The van der Waals surface area contributed by atoms with E-state index in [2.05, 4.69) is 83.0 Å². The molecule has 1 aromatic carbocycles. The maximum absolute atomic E-state index is 2.54. The van der Waals surface area contributed by atoms with E-state index >= 15 is 0 Å². The number of hydrogen-bond donors (Lipinski definition) is 0. The van der Waals surface area contributed by atoms with Crippen molar-refractivity contribution in [1.82, 2.24) is 0 Å². The summed E-state index contributed by atoms with van der Waals surface area (Å²) in [5.41, 5.74) is 2.50. The van der Waals surface area contributed by atoms with Crippen LogP contribution in [-0.4, -0.2) is 52.0 Å². The molecule has 0 aliphatic carbocycles. The van der Waals surface area contributed by atoms with Crippen LogP contribution >= 0.6 is 11.3 Å². The van der Waals surface area contributed by atoms with E-state index in [1.807, 2.05) is 17.0 Å². The first kappa shape index (κ1) is 20.7. The molecule has 0 aliphatic rings. The molecule has 3 aromatic heterocycles. The summed E-state index contributed by atoms with van der Waals surface area (Å²) in [6, 6.07) is 9.11. The third-order valence-corrected chi connectivity index (χ3v) is 26.4. The van der Waals surface area contributed by atoms with Gasteiger partial charge in [-0.2, -0.15) is 0 Å². The number of benzene rings is 1. The van der Waals surface area contributed by atoms with Crippen molar-refractivity contribution in [2.75, 3.05) is 0 Å². The summed E-state index contributed by atoms with van der Waals surface area (Å²) in [6.45, 7) is 15.2. The normalized spacial score (nSPS) is 13.4. The fourth-order valence-electron chi connectivity index (χ4n) is 5.27. The van der Waals surface area contributed by atoms with Gasteiger partial charge in [-0.25, -0.2) is 0 Å². The number of hydrogen-bond acceptors (Lipinski definition) is 1. The molecule has 0 amide bonds. The molecular formula is C22H28SSe3Si. The molecule has 5 heteroatoms. The first-order valence-corrected chi connectivity index (χ1v) is 18.8. The van der Waals surface area contributed by atoms with Gasteiger partial charge in [0.15, 0.2) is 0 Å². The van der Waals surface area contributed by atoms with Gasteiger partial charge in [0.2, 0.25) is 0 Å². The molecule has 27 heavy (non-hydrogen) atoms. The van der Waals surface area contributed by atoms with Gasteiger partial charge in [0, 0.05) is 0 Å². The second-order valence-electron chi connectivity index (χ2n) is 8.38. The van der Waals surface area contributed by atoms with Crippen LogP contribution < -0.4 is 8.52 Å². The van der Waals surface area contributed by atoms with Crippen molar-refractivity contribution in [1.29, 1.82) is 0 Å². The third kappa shape index (κ3) is 2.93. The predicted molar refractivity (Wildman–Crippen MR) is 133 cm³/mol. The summed E-state index contributed by atoms with van der Waals surface area (Å²) in [4.78, 5) is 0. The van der Waals surface area contributed by atoms with Crippen LogP contribution in [0.15, 0.2) is 24.3 Å². The number of fused-ring (bicyclic) bond motifs is 5. The quantitative estimate of drug-likeness (QED) is 0.267. The average Bonchev–Trinajstić information content (AvgIpc) is 3.23. The van der Waals surface area contributed by atoms with Crippen molar-refractivity contribution >= 4 is 99.5 Å². The molecular weight excluding hydrogens is 561 g/mol. The van der Waals surface area contributed by atoms with Crippen LogP contribution in [-0.2, 0) is 0 Å². The van der Waals surface area contributed by atoms with Crippen LogP contribution in [0.5, 0.6) is 0 Å². The van der Waals surface area contributed by atoms with Crippen LogP contribution in [0.4, 0.5) is 0 Å².